The number of nitrogens with zero attached hydrogens (tertiary/aromatic N) is 3. The molecular weight excluding hydrogens is 476 g/mol. The molecule has 4 rings (SSSR count). The minimum atomic E-state index is -2.34. The van der Waals surface area contributed by atoms with Crippen LogP contribution >= 0.6 is 0 Å². The molecule has 37 heavy (non-hydrogen) atoms. The number of carbonyl (C=O) groups excluding carboxylic acids is 1. The Labute approximate surface area is 214 Å². The number of carbonyl (C=O) groups is 1. The molecular formula is C28H31F2N5O2. The predicted octanol–water partition coefficient (Wildman–Crippen LogP) is 3.40. The number of aromatic nitrogens is 1. The molecule has 3 aromatic rings. The fraction of sp³-hybridized carbons (Fsp3) is 0.321. The van der Waals surface area contributed by atoms with Gasteiger partial charge in [0.2, 0.25) is 0 Å². The van der Waals surface area contributed by atoms with Crippen molar-refractivity contribution in [3.63, 3.8) is 0 Å². The van der Waals surface area contributed by atoms with Crippen LogP contribution in [0.4, 0.5) is 8.78 Å². The molecule has 1 aromatic heterocycles. The Hall–Kier alpha value is -3.85. The number of piperidine rings is 1. The number of alkyl halides is 2. The standard InChI is InChI=1S/C28H31F2N5O2/c1-32-25(7-11-31)21-5-6-24-20(16-21)8-14-35(28(24)37)17-19-3-2-4-22(15-19)27(36)33-23-9-12-34(13-10-23)18-26(29)30/h2-8,11,14-16,23,26H,9-10,12-13,17-18,31H2,1H3,(H,33,36)/b11-7-,32-25?. The Morgan fingerprint density at radius 3 is 2.65 bits per heavy atom. The van der Waals surface area contributed by atoms with Gasteiger partial charge in [0, 0.05) is 48.9 Å². The molecule has 1 amide bonds. The zero-order valence-corrected chi connectivity index (χ0v) is 20.7. The van der Waals surface area contributed by atoms with Gasteiger partial charge in [-0.2, -0.15) is 0 Å². The van der Waals surface area contributed by atoms with Crippen LogP contribution in [-0.4, -0.2) is 60.2 Å². The van der Waals surface area contributed by atoms with Gasteiger partial charge in [-0.3, -0.25) is 19.5 Å². The van der Waals surface area contributed by atoms with Gasteiger partial charge in [0.05, 0.1) is 18.8 Å². The monoisotopic (exact) mass is 507 g/mol. The summed E-state index contributed by atoms with van der Waals surface area (Å²) in [5, 5.41) is 4.41. The van der Waals surface area contributed by atoms with Crippen molar-refractivity contribution in [2.45, 2.75) is 31.9 Å². The number of hydrogen-bond acceptors (Lipinski definition) is 5. The fourth-order valence-electron chi connectivity index (χ4n) is 4.69. The Morgan fingerprint density at radius 2 is 1.95 bits per heavy atom. The van der Waals surface area contributed by atoms with E-state index in [9.17, 15) is 18.4 Å². The molecule has 0 radical (unpaired) electrons. The Balaban J connectivity index is 1.45. The highest BCUT2D eigenvalue weighted by molar-refractivity contribution is 6.10. The van der Waals surface area contributed by atoms with Crippen molar-refractivity contribution >= 4 is 22.4 Å². The third-order valence-electron chi connectivity index (χ3n) is 6.63. The minimum absolute atomic E-state index is 0.0447. The third-order valence-corrected chi connectivity index (χ3v) is 6.63. The first-order chi connectivity index (χ1) is 17.9. The number of aliphatic imine (C=N–C) groups is 1. The van der Waals surface area contributed by atoms with Crippen molar-refractivity contribution in [2.24, 2.45) is 10.7 Å². The highest BCUT2D eigenvalue weighted by Gasteiger charge is 2.23. The van der Waals surface area contributed by atoms with Crippen molar-refractivity contribution in [3.05, 3.63) is 94.0 Å². The summed E-state index contributed by atoms with van der Waals surface area (Å²) in [7, 11) is 1.69. The fourth-order valence-corrected chi connectivity index (χ4v) is 4.69. The quantitative estimate of drug-likeness (QED) is 0.457. The molecule has 0 saturated carbocycles. The van der Waals surface area contributed by atoms with Gasteiger partial charge in [0.25, 0.3) is 17.9 Å². The molecule has 7 nitrogen and oxygen atoms in total. The van der Waals surface area contributed by atoms with Crippen molar-refractivity contribution in [1.29, 1.82) is 0 Å². The van der Waals surface area contributed by atoms with Crippen LogP contribution in [0.15, 0.2) is 76.8 Å². The zero-order chi connectivity index (χ0) is 26.4. The third kappa shape index (κ3) is 6.48. The number of halogens is 2. The lowest BCUT2D eigenvalue weighted by molar-refractivity contribution is 0.0696. The second kappa shape index (κ2) is 11.9. The molecule has 194 valence electrons. The zero-order valence-electron chi connectivity index (χ0n) is 20.7. The number of benzene rings is 2. The van der Waals surface area contributed by atoms with Gasteiger partial charge in [-0.1, -0.05) is 18.2 Å². The van der Waals surface area contributed by atoms with Gasteiger partial charge in [-0.25, -0.2) is 8.78 Å². The van der Waals surface area contributed by atoms with Crippen LogP contribution in [0.1, 0.15) is 34.3 Å². The highest BCUT2D eigenvalue weighted by Crippen LogP contribution is 2.16. The van der Waals surface area contributed by atoms with E-state index < -0.39 is 6.43 Å². The number of pyridine rings is 1. The van der Waals surface area contributed by atoms with Crippen molar-refractivity contribution < 1.29 is 13.6 Å². The summed E-state index contributed by atoms with van der Waals surface area (Å²) in [6.45, 7) is 1.18. The average Bonchev–Trinajstić information content (AvgIpc) is 2.89. The molecule has 1 aliphatic rings. The van der Waals surface area contributed by atoms with Crippen LogP contribution in [0.2, 0.25) is 0 Å². The first-order valence-corrected chi connectivity index (χ1v) is 12.3. The van der Waals surface area contributed by atoms with E-state index in [0.717, 1.165) is 22.2 Å². The molecule has 0 aliphatic carbocycles. The van der Waals surface area contributed by atoms with Gasteiger partial charge >= 0.3 is 0 Å². The maximum Gasteiger partial charge on any atom is 0.258 e. The summed E-state index contributed by atoms with van der Waals surface area (Å²) in [6.07, 6.45) is 3.82. The van der Waals surface area contributed by atoms with Crippen LogP contribution in [-0.2, 0) is 6.54 Å². The average molecular weight is 508 g/mol. The van der Waals surface area contributed by atoms with Gasteiger partial charge in [-0.15, -0.1) is 0 Å². The largest absolute Gasteiger partial charge is 0.405 e. The molecule has 2 aromatic carbocycles. The summed E-state index contributed by atoms with van der Waals surface area (Å²) in [5.41, 5.74) is 8.30. The van der Waals surface area contributed by atoms with E-state index in [1.165, 1.54) is 6.20 Å². The Kier molecular flexibility index (Phi) is 8.45. The molecule has 1 saturated heterocycles. The second-order valence-corrected chi connectivity index (χ2v) is 9.16. The summed E-state index contributed by atoms with van der Waals surface area (Å²) in [4.78, 5) is 31.9. The van der Waals surface area contributed by atoms with Crippen LogP contribution in [0.5, 0.6) is 0 Å². The lowest BCUT2D eigenvalue weighted by Crippen LogP contribution is -2.45. The van der Waals surface area contributed by atoms with E-state index in [1.807, 2.05) is 24.3 Å². The molecule has 1 aliphatic heterocycles. The van der Waals surface area contributed by atoms with E-state index in [4.69, 9.17) is 5.73 Å². The number of rotatable bonds is 8. The first kappa shape index (κ1) is 26.2. The van der Waals surface area contributed by atoms with E-state index in [-0.39, 0.29) is 24.1 Å². The SMILES string of the molecule is CN=C(/C=C\N)c1ccc2c(=O)n(Cc3cccc(C(=O)NC4CCN(CC(F)F)CC4)c3)ccc2c1. The van der Waals surface area contributed by atoms with Crippen molar-refractivity contribution in [2.75, 3.05) is 26.7 Å². The van der Waals surface area contributed by atoms with E-state index in [0.29, 0.717) is 43.4 Å². The van der Waals surface area contributed by atoms with Gasteiger partial charge in [-0.05, 0) is 66.4 Å². The second-order valence-electron chi connectivity index (χ2n) is 9.16. The van der Waals surface area contributed by atoms with E-state index >= 15 is 0 Å². The summed E-state index contributed by atoms with van der Waals surface area (Å²) < 4.78 is 26.8. The number of fused-ring (bicyclic) bond motifs is 1. The minimum Gasteiger partial charge on any atom is -0.405 e. The molecule has 3 N–H and O–H groups in total. The molecule has 2 heterocycles. The maximum atomic E-state index is 13.2. The molecule has 0 spiro atoms. The number of amides is 1. The Morgan fingerprint density at radius 1 is 1.16 bits per heavy atom. The van der Waals surface area contributed by atoms with E-state index in [1.54, 1.807) is 53.1 Å². The number of nitrogens with one attached hydrogen (secondary N) is 1. The van der Waals surface area contributed by atoms with Gasteiger partial charge in [0.15, 0.2) is 0 Å². The summed E-state index contributed by atoms with van der Waals surface area (Å²) in [5.74, 6) is -0.201. The Bertz CT molecular complexity index is 1370. The van der Waals surface area contributed by atoms with E-state index in [2.05, 4.69) is 10.3 Å². The van der Waals surface area contributed by atoms with Crippen LogP contribution in [0.25, 0.3) is 10.8 Å². The number of hydrogen-bond donors (Lipinski definition) is 2. The number of allylic oxidation sites excluding steroid dienone is 1. The van der Waals surface area contributed by atoms with Crippen LogP contribution < -0.4 is 16.6 Å². The van der Waals surface area contributed by atoms with Crippen LogP contribution in [0.3, 0.4) is 0 Å². The van der Waals surface area contributed by atoms with Gasteiger partial charge < -0.3 is 15.6 Å². The van der Waals surface area contributed by atoms with Crippen molar-refractivity contribution in [3.8, 4) is 0 Å². The number of nitrogens with two attached hydrogens (primary N) is 1. The van der Waals surface area contributed by atoms with Crippen molar-refractivity contribution in [1.82, 2.24) is 14.8 Å². The molecule has 0 unspecified atom stereocenters. The lowest BCUT2D eigenvalue weighted by atomic mass is 10.0. The topological polar surface area (TPSA) is 92.7 Å². The normalized spacial score (nSPS) is 15.6. The summed E-state index contributed by atoms with van der Waals surface area (Å²) >= 11 is 0. The molecule has 1 fully saturated rings. The smallest absolute Gasteiger partial charge is 0.258 e. The van der Waals surface area contributed by atoms with Gasteiger partial charge in [0.1, 0.15) is 0 Å². The number of likely N-dealkylation sites (tertiary alicyclic amines) is 1. The predicted molar refractivity (Wildman–Crippen MR) is 142 cm³/mol. The van der Waals surface area contributed by atoms with Crippen LogP contribution in [0, 0.1) is 0 Å². The molecule has 9 heteroatoms. The molecule has 0 atom stereocenters. The first-order valence-electron chi connectivity index (χ1n) is 12.3. The molecule has 0 bridgehead atoms. The summed E-state index contributed by atoms with van der Waals surface area (Å²) in [6, 6.07) is 14.6. The highest BCUT2D eigenvalue weighted by atomic mass is 19.3. The lowest BCUT2D eigenvalue weighted by Gasteiger charge is -2.32. The maximum absolute atomic E-state index is 13.2.